The van der Waals surface area contributed by atoms with E-state index in [1.165, 1.54) is 167 Å². The molecule has 0 aromatic carbocycles. The largest absolute Gasteiger partial charge is 0.462 e. The van der Waals surface area contributed by atoms with Gasteiger partial charge in [0.15, 0.2) is 6.10 Å². The van der Waals surface area contributed by atoms with Gasteiger partial charge in [0.2, 0.25) is 0 Å². The lowest BCUT2D eigenvalue weighted by Crippen LogP contribution is -2.30. The van der Waals surface area contributed by atoms with Crippen LogP contribution in [-0.2, 0) is 28.6 Å². The smallest absolute Gasteiger partial charge is 0.306 e. The van der Waals surface area contributed by atoms with Gasteiger partial charge in [-0.3, -0.25) is 14.4 Å². The summed E-state index contributed by atoms with van der Waals surface area (Å²) in [6.45, 7) is 6.48. The molecular formula is C65H114O6. The molecule has 0 N–H and O–H groups in total. The molecule has 6 nitrogen and oxygen atoms in total. The van der Waals surface area contributed by atoms with E-state index >= 15 is 0 Å². The van der Waals surface area contributed by atoms with Crippen LogP contribution in [0.25, 0.3) is 0 Å². The number of esters is 3. The van der Waals surface area contributed by atoms with Gasteiger partial charge in [-0.05, 0) is 89.9 Å². The van der Waals surface area contributed by atoms with Gasteiger partial charge in [-0.1, -0.05) is 267 Å². The first kappa shape index (κ1) is 67.8. The number of hydrogen-bond acceptors (Lipinski definition) is 6. The van der Waals surface area contributed by atoms with E-state index in [4.69, 9.17) is 14.2 Å². The third-order valence-electron chi connectivity index (χ3n) is 13.2. The molecule has 1 unspecified atom stereocenters. The summed E-state index contributed by atoms with van der Waals surface area (Å²) < 4.78 is 16.8. The summed E-state index contributed by atoms with van der Waals surface area (Å²) in [5, 5.41) is 0. The molecule has 0 saturated carbocycles. The molecule has 0 aromatic heterocycles. The number of carbonyl (C=O) groups is 3. The molecule has 0 radical (unpaired) electrons. The number of hydrogen-bond donors (Lipinski definition) is 0. The molecule has 0 saturated heterocycles. The molecule has 0 rings (SSSR count). The fourth-order valence-corrected chi connectivity index (χ4v) is 8.64. The first-order chi connectivity index (χ1) is 35.0. The van der Waals surface area contributed by atoms with Gasteiger partial charge in [0, 0.05) is 19.3 Å². The maximum atomic E-state index is 12.8. The number of carbonyl (C=O) groups excluding carboxylic acids is 3. The Bertz CT molecular complexity index is 1320. The van der Waals surface area contributed by atoms with Crippen LogP contribution in [0.3, 0.4) is 0 Å². The lowest BCUT2D eigenvalue weighted by atomic mass is 10.0. The van der Waals surface area contributed by atoms with E-state index in [9.17, 15) is 14.4 Å². The van der Waals surface area contributed by atoms with Crippen molar-refractivity contribution in [3.05, 3.63) is 72.9 Å². The molecule has 0 aliphatic heterocycles. The van der Waals surface area contributed by atoms with Crippen LogP contribution in [0.15, 0.2) is 72.9 Å². The van der Waals surface area contributed by atoms with E-state index in [2.05, 4.69) is 93.7 Å². The van der Waals surface area contributed by atoms with Crippen LogP contribution < -0.4 is 0 Å². The molecule has 0 fully saturated rings. The first-order valence-electron chi connectivity index (χ1n) is 30.4. The predicted molar refractivity (Wildman–Crippen MR) is 307 cm³/mol. The van der Waals surface area contributed by atoms with Gasteiger partial charge in [0.25, 0.3) is 0 Å². The van der Waals surface area contributed by atoms with Crippen molar-refractivity contribution in [1.29, 1.82) is 0 Å². The van der Waals surface area contributed by atoms with E-state index in [1.54, 1.807) is 0 Å². The van der Waals surface area contributed by atoms with E-state index in [0.717, 1.165) is 96.3 Å². The molecule has 0 aliphatic rings. The molecule has 0 amide bonds. The van der Waals surface area contributed by atoms with Gasteiger partial charge in [-0.25, -0.2) is 0 Å². The Labute approximate surface area is 440 Å². The summed E-state index contributed by atoms with van der Waals surface area (Å²) in [6, 6.07) is 0. The molecule has 0 aromatic rings. The minimum Gasteiger partial charge on any atom is -0.462 e. The van der Waals surface area contributed by atoms with E-state index in [0.29, 0.717) is 19.3 Å². The minimum atomic E-state index is -0.774. The quantitative estimate of drug-likeness (QED) is 0.0261. The van der Waals surface area contributed by atoms with Crippen LogP contribution in [0.1, 0.15) is 303 Å². The number of rotatable bonds is 55. The lowest BCUT2D eigenvalue weighted by molar-refractivity contribution is -0.167. The van der Waals surface area contributed by atoms with Gasteiger partial charge in [-0.15, -0.1) is 0 Å². The minimum absolute atomic E-state index is 0.0756. The Morgan fingerprint density at radius 1 is 0.296 bits per heavy atom. The first-order valence-corrected chi connectivity index (χ1v) is 30.4. The molecule has 0 aliphatic carbocycles. The second-order valence-electron chi connectivity index (χ2n) is 20.2. The standard InChI is InChI=1S/C65H114O6/c1-4-7-10-13-16-18-20-22-24-26-27-28-29-30-31-32-33-34-35-36-37-38-39-40-42-43-45-47-49-52-55-58-64(67)70-61-62(60-69-63(66)57-54-51-15-12-9-6-3)71-65(68)59-56-53-50-48-46-44-41-25-23-21-19-17-14-11-8-5-2/h7,10,16,18,22,24-25,27-28,30-31,41,62H,4-6,8-9,11-15,17,19-21,23,26,29,32-40,42-61H2,1-3H3/b10-7-,18-16-,24-22-,28-27-,31-30-,41-25-. The monoisotopic (exact) mass is 991 g/mol. The van der Waals surface area contributed by atoms with Crippen LogP contribution in [0.2, 0.25) is 0 Å². The Kier molecular flexibility index (Phi) is 56.8. The summed E-state index contributed by atoms with van der Waals surface area (Å²) in [4.78, 5) is 37.9. The molecule has 0 bridgehead atoms. The van der Waals surface area contributed by atoms with Crippen LogP contribution in [0.4, 0.5) is 0 Å². The summed E-state index contributed by atoms with van der Waals surface area (Å²) >= 11 is 0. The molecule has 0 spiro atoms. The molecule has 410 valence electrons. The highest BCUT2D eigenvalue weighted by Gasteiger charge is 2.19. The van der Waals surface area contributed by atoms with Crippen LogP contribution in [0, 0.1) is 0 Å². The SMILES string of the molecule is CC/C=C\C/C=C\C/C=C\C/C=C\C/C=C\CCCCCCCCCCCCCCCCCC(=O)OCC(COC(=O)CCCCCCCC)OC(=O)CCCCCCC/C=C\CCCCCCCCC. The number of unbranched alkanes of at least 4 members (excludes halogenated alkanes) is 32. The van der Waals surface area contributed by atoms with Crippen molar-refractivity contribution in [2.45, 2.75) is 309 Å². The van der Waals surface area contributed by atoms with Crippen molar-refractivity contribution in [3.8, 4) is 0 Å². The maximum absolute atomic E-state index is 12.8. The molecule has 0 heterocycles. The summed E-state index contributed by atoms with van der Waals surface area (Å²) in [7, 11) is 0. The average molecular weight is 992 g/mol. The fraction of sp³-hybridized carbons (Fsp3) is 0.769. The van der Waals surface area contributed by atoms with Gasteiger partial charge in [0.1, 0.15) is 13.2 Å². The Hall–Kier alpha value is -3.15. The van der Waals surface area contributed by atoms with E-state index in [-0.39, 0.29) is 31.1 Å². The number of ether oxygens (including phenoxy) is 3. The third-order valence-corrected chi connectivity index (χ3v) is 13.2. The molecule has 71 heavy (non-hydrogen) atoms. The van der Waals surface area contributed by atoms with Crippen molar-refractivity contribution >= 4 is 17.9 Å². The number of allylic oxidation sites excluding steroid dienone is 12. The topological polar surface area (TPSA) is 78.9 Å². The highest BCUT2D eigenvalue weighted by Crippen LogP contribution is 2.16. The Morgan fingerprint density at radius 3 is 0.873 bits per heavy atom. The summed E-state index contributed by atoms with van der Waals surface area (Å²) in [6.07, 6.45) is 76.6. The van der Waals surface area contributed by atoms with E-state index in [1.807, 2.05) is 0 Å². The molecule has 1 atom stereocenters. The zero-order chi connectivity index (χ0) is 51.4. The normalized spacial score (nSPS) is 12.5. The molecular weight excluding hydrogens is 877 g/mol. The second kappa shape index (κ2) is 59.4. The maximum Gasteiger partial charge on any atom is 0.306 e. The van der Waals surface area contributed by atoms with Crippen LogP contribution >= 0.6 is 0 Å². The van der Waals surface area contributed by atoms with Crippen molar-refractivity contribution in [2.24, 2.45) is 0 Å². The van der Waals surface area contributed by atoms with Gasteiger partial charge in [0.05, 0.1) is 0 Å². The zero-order valence-electron chi connectivity index (χ0n) is 47.0. The van der Waals surface area contributed by atoms with Gasteiger partial charge < -0.3 is 14.2 Å². The lowest BCUT2D eigenvalue weighted by Gasteiger charge is -2.18. The zero-order valence-corrected chi connectivity index (χ0v) is 47.0. The Morgan fingerprint density at radius 2 is 0.549 bits per heavy atom. The third kappa shape index (κ3) is 57.6. The average Bonchev–Trinajstić information content (AvgIpc) is 3.37. The summed E-state index contributed by atoms with van der Waals surface area (Å²) in [5.74, 6) is -0.883. The van der Waals surface area contributed by atoms with Crippen LogP contribution in [0.5, 0.6) is 0 Å². The predicted octanol–water partition coefficient (Wildman–Crippen LogP) is 20.5. The molecule has 6 heteroatoms. The van der Waals surface area contributed by atoms with Gasteiger partial charge in [-0.2, -0.15) is 0 Å². The van der Waals surface area contributed by atoms with Crippen molar-refractivity contribution < 1.29 is 28.6 Å². The highest BCUT2D eigenvalue weighted by atomic mass is 16.6. The van der Waals surface area contributed by atoms with Gasteiger partial charge >= 0.3 is 17.9 Å². The highest BCUT2D eigenvalue weighted by molar-refractivity contribution is 5.71. The van der Waals surface area contributed by atoms with Crippen molar-refractivity contribution in [2.75, 3.05) is 13.2 Å². The van der Waals surface area contributed by atoms with Crippen molar-refractivity contribution in [3.63, 3.8) is 0 Å². The Balaban J connectivity index is 4.02. The van der Waals surface area contributed by atoms with E-state index < -0.39 is 6.10 Å². The van der Waals surface area contributed by atoms with Crippen LogP contribution in [-0.4, -0.2) is 37.2 Å². The summed E-state index contributed by atoms with van der Waals surface area (Å²) in [5.41, 5.74) is 0. The second-order valence-corrected chi connectivity index (χ2v) is 20.2. The fourth-order valence-electron chi connectivity index (χ4n) is 8.64. The van der Waals surface area contributed by atoms with Crippen molar-refractivity contribution in [1.82, 2.24) is 0 Å².